The third-order valence-corrected chi connectivity index (χ3v) is 2.33. The van der Waals surface area contributed by atoms with Crippen LogP contribution in [-0.4, -0.2) is 30.5 Å². The molecule has 2 heteroatoms. The third kappa shape index (κ3) is 0.864. The lowest BCUT2D eigenvalue weighted by Gasteiger charge is -2.43. The number of fused-ring (bicyclic) bond motifs is 3. The monoisotopic (exact) mass is 130 g/mol. The molecule has 3 aliphatic heterocycles. The van der Waals surface area contributed by atoms with Crippen LogP contribution in [-0.2, 0) is 0 Å². The molecule has 0 aromatic heterocycles. The van der Waals surface area contributed by atoms with Crippen molar-refractivity contribution in [2.45, 2.75) is 18.9 Å². The molecule has 9 heavy (non-hydrogen) atoms. The van der Waals surface area contributed by atoms with Crippen molar-refractivity contribution in [2.24, 2.45) is 11.7 Å². The quantitative estimate of drug-likeness (QED) is 0.501. The van der Waals surface area contributed by atoms with Gasteiger partial charge in [0.2, 0.25) is 0 Å². The minimum Gasteiger partial charge on any atom is -0.326 e. The number of nitrogens with two attached hydrogens (primary N) is 1. The van der Waals surface area contributed by atoms with Crippen molar-refractivity contribution in [3.8, 4) is 0 Å². The number of piperidine rings is 3. The predicted octanol–water partition coefficient (Wildman–Crippen LogP) is 0.0393. The molecule has 0 spiro atoms. The Balaban J connectivity index is 2.23. The van der Waals surface area contributed by atoms with Gasteiger partial charge in [0.05, 0.1) is 0 Å². The summed E-state index contributed by atoms with van der Waals surface area (Å²) in [6.07, 6.45) is 2.02. The summed E-state index contributed by atoms with van der Waals surface area (Å²) in [7, 11) is 0. The topological polar surface area (TPSA) is 29.3 Å². The maximum atomic E-state index is 7.77. The molecule has 0 amide bonds. The molecule has 1 unspecified atom stereocenters. The van der Waals surface area contributed by atoms with Gasteiger partial charge in [-0.25, -0.2) is 0 Å². The molecule has 3 rings (SSSR count). The Morgan fingerprint density at radius 2 is 2.22 bits per heavy atom. The van der Waals surface area contributed by atoms with Gasteiger partial charge in [0.25, 0.3) is 0 Å². The van der Waals surface area contributed by atoms with E-state index in [1.807, 2.05) is 4.90 Å². The second-order valence-electron chi connectivity index (χ2n) is 2.94. The lowest BCUT2D eigenvalue weighted by molar-refractivity contribution is 0.0896. The molecular formula is C7H14N2. The molecule has 2 nitrogen and oxygen atoms in total. The molecule has 0 aromatic carbocycles. The molecule has 2 bridgehead atoms. The summed E-state index contributed by atoms with van der Waals surface area (Å²) in [5.74, 6) is 0.259. The van der Waals surface area contributed by atoms with Gasteiger partial charge in [-0.3, -0.25) is 0 Å². The molecule has 52 valence electrons. The van der Waals surface area contributed by atoms with Crippen LogP contribution < -0.4 is 5.73 Å². The average Bonchev–Trinajstić information content (AvgIpc) is 2.01. The zero-order valence-corrected chi connectivity index (χ0v) is 5.51. The van der Waals surface area contributed by atoms with Crippen LogP contribution in [0.1, 0.15) is 15.6 Å². The predicted molar refractivity (Wildman–Crippen MR) is 37.1 cm³/mol. The van der Waals surface area contributed by atoms with Crippen LogP contribution >= 0.6 is 0 Å². The SMILES string of the molecule is [3H]C1N2CCC(CC2)[C@]1([3H])N. The van der Waals surface area contributed by atoms with E-state index in [-0.39, 0.29) is 5.92 Å². The number of hydrogen-bond acceptors (Lipinski definition) is 2. The molecule has 2 N–H and O–H groups in total. The Kier molecular flexibility index (Phi) is 0.856. The van der Waals surface area contributed by atoms with Crippen LogP contribution in [0.25, 0.3) is 0 Å². The minimum atomic E-state index is -1.00. The Morgan fingerprint density at radius 1 is 1.56 bits per heavy atom. The summed E-state index contributed by atoms with van der Waals surface area (Å²) in [6.45, 7) is 1.45. The first-order valence-corrected chi connectivity index (χ1v) is 3.57. The van der Waals surface area contributed by atoms with Crippen molar-refractivity contribution < 1.29 is 2.74 Å². The molecule has 3 saturated heterocycles. The van der Waals surface area contributed by atoms with E-state index in [0.717, 1.165) is 25.9 Å². The summed E-state index contributed by atoms with van der Waals surface area (Å²) in [6, 6.07) is -1.00. The first-order chi connectivity index (χ1) is 5.12. The summed E-state index contributed by atoms with van der Waals surface area (Å²) in [5.41, 5.74) is 5.74. The van der Waals surface area contributed by atoms with Crippen molar-refractivity contribution in [2.75, 3.05) is 19.6 Å². The van der Waals surface area contributed by atoms with Crippen LogP contribution in [0.15, 0.2) is 0 Å². The van der Waals surface area contributed by atoms with Gasteiger partial charge in [-0.1, -0.05) is 0 Å². The first kappa shape index (κ1) is 3.94. The van der Waals surface area contributed by atoms with Gasteiger partial charge in [-0.05, 0) is 31.8 Å². The third-order valence-electron chi connectivity index (χ3n) is 2.33. The molecular weight excluding hydrogens is 112 g/mol. The van der Waals surface area contributed by atoms with E-state index in [4.69, 9.17) is 8.48 Å². The summed E-state index contributed by atoms with van der Waals surface area (Å²) >= 11 is 0. The van der Waals surface area contributed by atoms with E-state index in [1.165, 1.54) is 0 Å². The van der Waals surface area contributed by atoms with Gasteiger partial charge in [0, 0.05) is 15.3 Å². The van der Waals surface area contributed by atoms with E-state index >= 15 is 0 Å². The number of rotatable bonds is 0. The van der Waals surface area contributed by atoms with Crippen LogP contribution in [0.2, 0.25) is 0 Å². The zero-order valence-electron chi connectivity index (χ0n) is 7.51. The highest BCUT2D eigenvalue weighted by atomic mass is 15.2. The summed E-state index contributed by atoms with van der Waals surface area (Å²) in [4.78, 5) is 2.01. The van der Waals surface area contributed by atoms with E-state index in [9.17, 15) is 0 Å². The fraction of sp³-hybridized carbons (Fsp3) is 1.00. The zero-order chi connectivity index (χ0) is 8.06. The lowest BCUT2D eigenvalue weighted by Crippen LogP contribution is -2.54. The molecule has 3 fully saturated rings. The van der Waals surface area contributed by atoms with Gasteiger partial charge >= 0.3 is 0 Å². The molecule has 2 atom stereocenters. The van der Waals surface area contributed by atoms with Gasteiger partial charge in [-0.2, -0.15) is 0 Å². The highest BCUT2D eigenvalue weighted by Gasteiger charge is 2.31. The first-order valence-electron chi connectivity index (χ1n) is 4.65. The second-order valence-corrected chi connectivity index (χ2v) is 2.94. The minimum absolute atomic E-state index is 0.259. The molecule has 3 aliphatic rings. The van der Waals surface area contributed by atoms with E-state index < -0.39 is 12.5 Å². The molecule has 3 heterocycles. The average molecular weight is 130 g/mol. The fourth-order valence-corrected chi connectivity index (χ4v) is 1.68. The molecule has 0 saturated carbocycles. The Morgan fingerprint density at radius 3 is 2.56 bits per heavy atom. The maximum absolute atomic E-state index is 7.77. The highest BCUT2D eigenvalue weighted by molar-refractivity contribution is 4.88. The van der Waals surface area contributed by atoms with Crippen LogP contribution in [0.4, 0.5) is 0 Å². The van der Waals surface area contributed by atoms with Gasteiger partial charge < -0.3 is 10.6 Å². The normalized spacial score (nSPS) is 69.2. The Labute approximate surface area is 58.8 Å². The van der Waals surface area contributed by atoms with Gasteiger partial charge in [0.1, 0.15) is 0 Å². The fourth-order valence-electron chi connectivity index (χ4n) is 1.68. The highest BCUT2D eigenvalue weighted by Crippen LogP contribution is 2.25. The maximum Gasteiger partial charge on any atom is 0.0479 e. The largest absolute Gasteiger partial charge is 0.326 e. The van der Waals surface area contributed by atoms with Crippen LogP contribution in [0.5, 0.6) is 0 Å². The standard InChI is InChI=1S/C7H14N2/c8-7-5-9-3-1-6(7)2-4-9/h6-7H,1-5,8H2/t7-/m1/s1/i5T,7T/t5?,7-. The molecule has 0 aromatic rings. The Hall–Kier alpha value is -0.0800. The summed E-state index contributed by atoms with van der Waals surface area (Å²) in [5, 5.41) is 0. The molecule has 0 aliphatic carbocycles. The summed E-state index contributed by atoms with van der Waals surface area (Å²) < 4.78 is 15.4. The number of nitrogens with zero attached hydrogens (tertiary/aromatic N) is 1. The van der Waals surface area contributed by atoms with Gasteiger partial charge in [-0.15, -0.1) is 0 Å². The smallest absolute Gasteiger partial charge is 0.0479 e. The van der Waals surface area contributed by atoms with Crippen molar-refractivity contribution in [1.29, 1.82) is 0 Å². The Bertz CT molecular complexity index is 160. The van der Waals surface area contributed by atoms with Crippen LogP contribution in [0, 0.1) is 5.92 Å². The van der Waals surface area contributed by atoms with Crippen molar-refractivity contribution in [3.05, 3.63) is 0 Å². The van der Waals surface area contributed by atoms with Crippen molar-refractivity contribution >= 4 is 0 Å². The molecule has 0 radical (unpaired) electrons. The van der Waals surface area contributed by atoms with Crippen LogP contribution in [0.3, 0.4) is 0 Å². The van der Waals surface area contributed by atoms with E-state index in [0.29, 0.717) is 0 Å². The van der Waals surface area contributed by atoms with E-state index in [1.54, 1.807) is 0 Å². The lowest BCUT2D eigenvalue weighted by atomic mass is 9.85. The second kappa shape index (κ2) is 1.96. The van der Waals surface area contributed by atoms with Crippen molar-refractivity contribution in [3.63, 3.8) is 0 Å². The van der Waals surface area contributed by atoms with Crippen molar-refractivity contribution in [1.82, 2.24) is 4.90 Å². The number of hydrogen-bond donors (Lipinski definition) is 1. The van der Waals surface area contributed by atoms with Gasteiger partial charge in [0.15, 0.2) is 0 Å². The van der Waals surface area contributed by atoms with E-state index in [2.05, 4.69) is 0 Å².